The largest absolute Gasteiger partial charge is 0.507 e. The molecular formula is C35H27NO3. The van der Waals surface area contributed by atoms with Gasteiger partial charge in [-0.25, -0.2) is 4.98 Å². The molecule has 0 saturated carbocycles. The Hall–Kier alpha value is -4.83. The van der Waals surface area contributed by atoms with Crippen molar-refractivity contribution in [1.29, 1.82) is 0 Å². The van der Waals surface area contributed by atoms with Crippen LogP contribution in [0.3, 0.4) is 0 Å². The van der Waals surface area contributed by atoms with Gasteiger partial charge in [0, 0.05) is 43.1 Å². The van der Waals surface area contributed by atoms with E-state index in [1.807, 2.05) is 82.3 Å². The van der Waals surface area contributed by atoms with Crippen LogP contribution in [0.2, 0.25) is 0 Å². The van der Waals surface area contributed by atoms with Crippen LogP contribution in [0.15, 0.2) is 94.5 Å². The number of phenolic OH excluding ortho intramolecular Hbond substituents is 1. The number of nitrogens with zero attached hydrogens (tertiary/aromatic N) is 1. The summed E-state index contributed by atoms with van der Waals surface area (Å²) >= 11 is 0. The number of hydrogen-bond acceptors (Lipinski definition) is 4. The van der Waals surface area contributed by atoms with Crippen molar-refractivity contribution >= 4 is 75.7 Å². The lowest BCUT2D eigenvalue weighted by Gasteiger charge is -2.16. The SMILES string of the molecule is CC.CC.O=c1c2ccccc2c(=O)c2c1ccc1c3ccc4c(O)c5ccccc5c5ccc(nc12)c3c45. The molecule has 39 heavy (non-hydrogen) atoms. The van der Waals surface area contributed by atoms with Gasteiger partial charge in [0.2, 0.25) is 0 Å². The minimum absolute atomic E-state index is 0.152. The standard InChI is InChI=1S/C31H15NO3.2C2H6/c33-29-19-6-2-1-5-15(19)16-13-14-24-26-17(9-11-22(29)25(16)26)18-10-12-23-27(28(18)32-24)31(35)21-8-4-3-7-20(21)30(23)34;2*1-2/h1-14,33H;2*1-2H3. The minimum Gasteiger partial charge on any atom is -0.507 e. The lowest BCUT2D eigenvalue weighted by atomic mass is 9.90. The number of aromatic hydroxyl groups is 1. The predicted octanol–water partition coefficient (Wildman–Crippen LogP) is 8.51. The number of pyridine rings is 1. The molecule has 0 fully saturated rings. The highest BCUT2D eigenvalue weighted by Crippen LogP contribution is 2.45. The Labute approximate surface area is 224 Å². The molecule has 0 spiro atoms. The number of benzene rings is 7. The van der Waals surface area contributed by atoms with Crippen LogP contribution in [0, 0.1) is 0 Å². The van der Waals surface area contributed by atoms with Gasteiger partial charge in [-0.15, -0.1) is 0 Å². The Balaban J connectivity index is 0.000000663. The van der Waals surface area contributed by atoms with E-state index in [2.05, 4.69) is 0 Å². The van der Waals surface area contributed by atoms with Crippen molar-refractivity contribution in [3.63, 3.8) is 0 Å². The minimum atomic E-state index is -0.176. The van der Waals surface area contributed by atoms with E-state index in [4.69, 9.17) is 4.98 Å². The van der Waals surface area contributed by atoms with Crippen molar-refractivity contribution in [2.45, 2.75) is 27.7 Å². The molecule has 0 radical (unpaired) electrons. The summed E-state index contributed by atoms with van der Waals surface area (Å²) in [5.74, 6) is 0.255. The molecule has 7 aromatic carbocycles. The fourth-order valence-corrected chi connectivity index (χ4v) is 5.91. The second kappa shape index (κ2) is 9.17. The number of aromatic nitrogens is 1. The van der Waals surface area contributed by atoms with E-state index >= 15 is 0 Å². The van der Waals surface area contributed by atoms with Crippen LogP contribution < -0.4 is 10.9 Å². The molecular weight excluding hydrogens is 482 g/mol. The molecule has 8 aromatic rings. The van der Waals surface area contributed by atoms with Crippen LogP contribution in [0.25, 0.3) is 75.7 Å². The van der Waals surface area contributed by atoms with Crippen LogP contribution in [0.4, 0.5) is 0 Å². The third-order valence-electron chi connectivity index (χ3n) is 7.45. The van der Waals surface area contributed by atoms with Gasteiger partial charge in [0.15, 0.2) is 10.9 Å². The fraction of sp³-hybridized carbons (Fsp3) is 0.114. The van der Waals surface area contributed by atoms with E-state index in [0.717, 1.165) is 48.6 Å². The topological polar surface area (TPSA) is 67.3 Å². The number of phenols is 1. The van der Waals surface area contributed by atoms with Crippen molar-refractivity contribution < 1.29 is 5.11 Å². The zero-order chi connectivity index (χ0) is 27.4. The first-order valence-corrected chi connectivity index (χ1v) is 13.5. The predicted molar refractivity (Wildman–Crippen MR) is 166 cm³/mol. The van der Waals surface area contributed by atoms with Gasteiger partial charge in [-0.2, -0.15) is 0 Å². The maximum Gasteiger partial charge on any atom is 0.196 e. The van der Waals surface area contributed by atoms with Gasteiger partial charge < -0.3 is 5.11 Å². The lowest BCUT2D eigenvalue weighted by Crippen LogP contribution is -2.13. The molecule has 190 valence electrons. The average molecular weight is 510 g/mol. The summed E-state index contributed by atoms with van der Waals surface area (Å²) < 4.78 is 0. The Kier molecular flexibility index (Phi) is 5.76. The lowest BCUT2D eigenvalue weighted by molar-refractivity contribution is 0.488. The van der Waals surface area contributed by atoms with Crippen LogP contribution >= 0.6 is 0 Å². The van der Waals surface area contributed by atoms with Crippen molar-refractivity contribution in [3.8, 4) is 5.75 Å². The van der Waals surface area contributed by atoms with Gasteiger partial charge in [0.1, 0.15) is 5.75 Å². The number of hydrogen-bond donors (Lipinski definition) is 1. The first-order chi connectivity index (χ1) is 19.1. The highest BCUT2D eigenvalue weighted by atomic mass is 16.3. The van der Waals surface area contributed by atoms with Gasteiger partial charge in [0.25, 0.3) is 0 Å². The summed E-state index contributed by atoms with van der Waals surface area (Å²) in [6, 6.07) is 26.4. The smallest absolute Gasteiger partial charge is 0.196 e. The Bertz CT molecular complexity index is 2320. The molecule has 1 N–H and O–H groups in total. The van der Waals surface area contributed by atoms with E-state index in [1.54, 1.807) is 30.3 Å². The average Bonchev–Trinajstić information content (AvgIpc) is 3.01. The third-order valence-corrected chi connectivity index (χ3v) is 7.45. The highest BCUT2D eigenvalue weighted by Gasteiger charge is 2.20. The molecule has 1 aromatic heterocycles. The maximum absolute atomic E-state index is 13.6. The second-order valence-corrected chi connectivity index (χ2v) is 9.14. The van der Waals surface area contributed by atoms with Gasteiger partial charge in [-0.1, -0.05) is 94.4 Å². The van der Waals surface area contributed by atoms with Crippen molar-refractivity contribution in [1.82, 2.24) is 4.98 Å². The van der Waals surface area contributed by atoms with Crippen LogP contribution in [-0.2, 0) is 0 Å². The monoisotopic (exact) mass is 509 g/mol. The molecule has 8 rings (SSSR count). The van der Waals surface area contributed by atoms with Gasteiger partial charge >= 0.3 is 0 Å². The zero-order valence-corrected chi connectivity index (χ0v) is 22.3. The summed E-state index contributed by atoms with van der Waals surface area (Å²) in [6.07, 6.45) is 0. The summed E-state index contributed by atoms with van der Waals surface area (Å²) in [7, 11) is 0. The van der Waals surface area contributed by atoms with Crippen molar-refractivity contribution in [3.05, 3.63) is 105 Å². The van der Waals surface area contributed by atoms with Gasteiger partial charge in [-0.05, 0) is 34.4 Å². The molecule has 4 nitrogen and oxygen atoms in total. The normalized spacial score (nSPS) is 11.4. The highest BCUT2D eigenvalue weighted by molar-refractivity contribution is 6.34. The van der Waals surface area contributed by atoms with Gasteiger partial charge in [0.05, 0.1) is 16.4 Å². The molecule has 0 bridgehead atoms. The van der Waals surface area contributed by atoms with Gasteiger partial charge in [-0.3, -0.25) is 9.59 Å². The van der Waals surface area contributed by atoms with Crippen LogP contribution in [0.5, 0.6) is 5.75 Å². The molecule has 0 amide bonds. The molecule has 0 unspecified atom stereocenters. The van der Waals surface area contributed by atoms with Crippen LogP contribution in [0.1, 0.15) is 27.7 Å². The molecule has 0 aliphatic carbocycles. The maximum atomic E-state index is 13.6. The Morgan fingerprint density at radius 3 is 1.69 bits per heavy atom. The molecule has 4 heteroatoms. The molecule has 1 heterocycles. The number of fused-ring (bicyclic) bond motifs is 7. The zero-order valence-electron chi connectivity index (χ0n) is 22.3. The molecule has 0 saturated heterocycles. The quantitative estimate of drug-likeness (QED) is 0.164. The Morgan fingerprint density at radius 2 is 0.974 bits per heavy atom. The van der Waals surface area contributed by atoms with Crippen LogP contribution in [-0.4, -0.2) is 10.1 Å². The Morgan fingerprint density at radius 1 is 0.462 bits per heavy atom. The summed E-state index contributed by atoms with van der Waals surface area (Å²) in [6.45, 7) is 8.00. The van der Waals surface area contributed by atoms with E-state index in [-0.39, 0.29) is 16.6 Å². The van der Waals surface area contributed by atoms with Crippen molar-refractivity contribution in [2.75, 3.05) is 0 Å². The van der Waals surface area contributed by atoms with E-state index in [9.17, 15) is 14.7 Å². The third kappa shape index (κ3) is 3.21. The van der Waals surface area contributed by atoms with E-state index in [0.29, 0.717) is 27.1 Å². The summed E-state index contributed by atoms with van der Waals surface area (Å²) in [4.78, 5) is 31.8. The molecule has 0 aliphatic rings. The number of rotatable bonds is 0. The molecule has 0 atom stereocenters. The van der Waals surface area contributed by atoms with E-state index in [1.165, 1.54) is 0 Å². The summed E-state index contributed by atoms with van der Waals surface area (Å²) in [5.41, 5.74) is 0.938. The van der Waals surface area contributed by atoms with Crippen molar-refractivity contribution in [2.24, 2.45) is 0 Å². The van der Waals surface area contributed by atoms with E-state index < -0.39 is 0 Å². The first kappa shape index (κ1) is 24.5. The summed E-state index contributed by atoms with van der Waals surface area (Å²) in [5, 5.41) is 20.0. The first-order valence-electron chi connectivity index (χ1n) is 13.5. The fourth-order valence-electron chi connectivity index (χ4n) is 5.91. The second-order valence-electron chi connectivity index (χ2n) is 9.14. The molecule has 0 aliphatic heterocycles.